The fourth-order valence-corrected chi connectivity index (χ4v) is 7.39. The zero-order valence-corrected chi connectivity index (χ0v) is 23.8. The van der Waals surface area contributed by atoms with Crippen molar-refractivity contribution < 1.29 is 0 Å². The normalized spacial score (nSPS) is 13.7. The van der Waals surface area contributed by atoms with Crippen LogP contribution < -0.4 is 0 Å². The van der Waals surface area contributed by atoms with E-state index in [0.717, 1.165) is 12.8 Å². The Hall–Kier alpha value is -5.40. The van der Waals surface area contributed by atoms with E-state index >= 15 is 0 Å². The average molecular weight is 548 g/mol. The lowest BCUT2D eigenvalue weighted by atomic mass is 9.88. The molecule has 0 unspecified atom stereocenters. The third kappa shape index (κ3) is 3.58. The van der Waals surface area contributed by atoms with Gasteiger partial charge in [0, 0.05) is 32.8 Å². The Morgan fingerprint density at radius 2 is 1.00 bits per heavy atom. The van der Waals surface area contributed by atoms with Crippen LogP contribution in [0, 0.1) is 0 Å². The zero-order valence-electron chi connectivity index (χ0n) is 23.8. The summed E-state index contributed by atoms with van der Waals surface area (Å²) in [7, 11) is 0. The van der Waals surface area contributed by atoms with Gasteiger partial charge in [-0.3, -0.25) is 0 Å². The van der Waals surface area contributed by atoms with Crippen molar-refractivity contribution in [1.29, 1.82) is 0 Å². The van der Waals surface area contributed by atoms with Gasteiger partial charge in [0.05, 0.1) is 11.0 Å². The Labute approximate surface area is 250 Å². The molecule has 0 fully saturated rings. The summed E-state index contributed by atoms with van der Waals surface area (Å²) in [5.74, 6) is 0. The van der Waals surface area contributed by atoms with Crippen molar-refractivity contribution in [2.75, 3.05) is 0 Å². The SMILES string of the molecule is C1=C(c2ccccc2)C(n2c3ccccc3c3c4c5ccccc5c(-c5ccccc5)cc4c4ccccc4c32)=CCC1. The lowest BCUT2D eigenvalue weighted by Gasteiger charge is -2.21. The molecule has 1 aliphatic carbocycles. The first-order valence-corrected chi connectivity index (χ1v) is 15.2. The molecule has 8 aromatic rings. The second-order valence-electron chi connectivity index (χ2n) is 11.5. The van der Waals surface area contributed by atoms with Gasteiger partial charge in [-0.25, -0.2) is 0 Å². The quantitative estimate of drug-likeness (QED) is 0.194. The number of allylic oxidation sites excluding steroid dienone is 4. The van der Waals surface area contributed by atoms with E-state index in [1.165, 1.54) is 82.1 Å². The van der Waals surface area contributed by atoms with Crippen molar-refractivity contribution in [2.45, 2.75) is 12.8 Å². The van der Waals surface area contributed by atoms with Gasteiger partial charge >= 0.3 is 0 Å². The van der Waals surface area contributed by atoms with Crippen LogP contribution in [-0.4, -0.2) is 4.57 Å². The Balaban J connectivity index is 1.51. The number of nitrogens with zero attached hydrogens (tertiary/aromatic N) is 1. The summed E-state index contributed by atoms with van der Waals surface area (Å²) in [6.45, 7) is 0. The van der Waals surface area contributed by atoms with Gasteiger partial charge < -0.3 is 4.57 Å². The molecule has 0 saturated carbocycles. The topological polar surface area (TPSA) is 4.93 Å². The number of benzene rings is 7. The molecule has 9 rings (SSSR count). The molecule has 0 amide bonds. The van der Waals surface area contributed by atoms with Gasteiger partial charge in [0.1, 0.15) is 0 Å². The maximum atomic E-state index is 2.56. The van der Waals surface area contributed by atoms with Crippen molar-refractivity contribution in [2.24, 2.45) is 0 Å². The standard InChI is InChI=1S/C42H29N/c1-3-15-28(16-4-1)30-19-11-13-25-38(30)43-39-26-14-12-24-35(39)41-40-33-22-9-7-20-31(33)36(29-17-5-2-6-18-29)27-37(40)32-21-8-10-23-34(32)42(41)43/h1-10,12,14-27H,11,13H2. The first kappa shape index (κ1) is 24.2. The van der Waals surface area contributed by atoms with Crippen molar-refractivity contribution in [3.05, 3.63) is 157 Å². The number of fused-ring (bicyclic) bond motifs is 10. The monoisotopic (exact) mass is 547 g/mol. The van der Waals surface area contributed by atoms with Gasteiger partial charge in [-0.05, 0) is 63.2 Å². The fraction of sp³-hybridized carbons (Fsp3) is 0.0476. The molecule has 1 heteroatoms. The van der Waals surface area contributed by atoms with Crippen LogP contribution in [0.2, 0.25) is 0 Å². The first-order chi connectivity index (χ1) is 21.4. The van der Waals surface area contributed by atoms with E-state index in [1.807, 2.05) is 0 Å². The molecule has 1 heterocycles. The van der Waals surface area contributed by atoms with Crippen LogP contribution in [-0.2, 0) is 0 Å². The number of aromatic nitrogens is 1. The number of hydrogen-bond acceptors (Lipinski definition) is 0. The van der Waals surface area contributed by atoms with Crippen molar-refractivity contribution in [1.82, 2.24) is 4.57 Å². The van der Waals surface area contributed by atoms with E-state index in [1.54, 1.807) is 0 Å². The van der Waals surface area contributed by atoms with Gasteiger partial charge in [-0.1, -0.05) is 140 Å². The van der Waals surface area contributed by atoms with Gasteiger partial charge in [-0.2, -0.15) is 0 Å². The third-order valence-electron chi connectivity index (χ3n) is 9.18. The summed E-state index contributed by atoms with van der Waals surface area (Å²) in [6.07, 6.45) is 6.97. The average Bonchev–Trinajstić information content (AvgIpc) is 3.44. The summed E-state index contributed by atoms with van der Waals surface area (Å²) >= 11 is 0. The highest BCUT2D eigenvalue weighted by Crippen LogP contribution is 2.48. The van der Waals surface area contributed by atoms with Crippen molar-refractivity contribution >= 4 is 65.4 Å². The molecule has 202 valence electrons. The van der Waals surface area contributed by atoms with Gasteiger partial charge in [0.15, 0.2) is 0 Å². The predicted molar refractivity (Wildman–Crippen MR) is 185 cm³/mol. The second-order valence-corrected chi connectivity index (χ2v) is 11.5. The maximum Gasteiger partial charge on any atom is 0.0626 e. The minimum atomic E-state index is 1.04. The maximum absolute atomic E-state index is 2.56. The molecule has 0 aliphatic heterocycles. The number of hydrogen-bond donors (Lipinski definition) is 0. The molecule has 0 N–H and O–H groups in total. The van der Waals surface area contributed by atoms with Crippen LogP contribution in [0.4, 0.5) is 0 Å². The minimum Gasteiger partial charge on any atom is -0.308 e. The lowest BCUT2D eigenvalue weighted by molar-refractivity contribution is 1.02. The largest absolute Gasteiger partial charge is 0.308 e. The molecular weight excluding hydrogens is 518 g/mol. The van der Waals surface area contributed by atoms with Crippen LogP contribution in [0.25, 0.3) is 76.5 Å². The fourth-order valence-electron chi connectivity index (χ4n) is 7.39. The van der Waals surface area contributed by atoms with E-state index in [-0.39, 0.29) is 0 Å². The van der Waals surface area contributed by atoms with E-state index < -0.39 is 0 Å². The summed E-state index contributed by atoms with van der Waals surface area (Å²) in [5.41, 5.74) is 8.92. The minimum absolute atomic E-state index is 1.04. The van der Waals surface area contributed by atoms with E-state index in [4.69, 9.17) is 0 Å². The van der Waals surface area contributed by atoms with Crippen LogP contribution in [0.1, 0.15) is 18.4 Å². The van der Waals surface area contributed by atoms with Crippen LogP contribution in [0.15, 0.2) is 152 Å². The van der Waals surface area contributed by atoms with Gasteiger partial charge in [0.25, 0.3) is 0 Å². The smallest absolute Gasteiger partial charge is 0.0626 e. The second kappa shape index (κ2) is 9.58. The van der Waals surface area contributed by atoms with Crippen molar-refractivity contribution in [3.8, 4) is 11.1 Å². The lowest BCUT2D eigenvalue weighted by Crippen LogP contribution is -2.03. The number of para-hydroxylation sites is 1. The van der Waals surface area contributed by atoms with E-state index in [2.05, 4.69) is 156 Å². The highest BCUT2D eigenvalue weighted by molar-refractivity contribution is 6.38. The molecule has 7 aromatic carbocycles. The Morgan fingerprint density at radius 1 is 0.419 bits per heavy atom. The molecule has 1 aromatic heterocycles. The Morgan fingerprint density at radius 3 is 1.77 bits per heavy atom. The molecule has 1 aliphatic rings. The Kier molecular flexibility index (Phi) is 5.39. The molecular formula is C42H29N. The molecule has 0 bridgehead atoms. The van der Waals surface area contributed by atoms with Crippen LogP contribution in [0.5, 0.6) is 0 Å². The highest BCUT2D eigenvalue weighted by atomic mass is 15.0. The van der Waals surface area contributed by atoms with E-state index in [0.29, 0.717) is 0 Å². The molecule has 0 radical (unpaired) electrons. The van der Waals surface area contributed by atoms with Gasteiger partial charge in [-0.15, -0.1) is 0 Å². The van der Waals surface area contributed by atoms with Crippen molar-refractivity contribution in [3.63, 3.8) is 0 Å². The molecule has 0 atom stereocenters. The Bertz CT molecular complexity index is 2420. The summed E-state index contributed by atoms with van der Waals surface area (Å²) in [5, 5.41) is 10.4. The molecule has 0 spiro atoms. The summed E-state index contributed by atoms with van der Waals surface area (Å²) in [6, 6.07) is 51.1. The summed E-state index contributed by atoms with van der Waals surface area (Å²) < 4.78 is 2.56. The number of rotatable bonds is 3. The van der Waals surface area contributed by atoms with Crippen LogP contribution in [0.3, 0.4) is 0 Å². The highest BCUT2D eigenvalue weighted by Gasteiger charge is 2.24. The first-order valence-electron chi connectivity index (χ1n) is 15.2. The van der Waals surface area contributed by atoms with E-state index in [9.17, 15) is 0 Å². The van der Waals surface area contributed by atoms with Gasteiger partial charge in [0.2, 0.25) is 0 Å². The molecule has 43 heavy (non-hydrogen) atoms. The van der Waals surface area contributed by atoms with Crippen LogP contribution >= 0.6 is 0 Å². The third-order valence-corrected chi connectivity index (χ3v) is 9.18. The zero-order chi connectivity index (χ0) is 28.3. The predicted octanol–water partition coefficient (Wildman–Crippen LogP) is 11.6. The summed E-state index contributed by atoms with van der Waals surface area (Å²) in [4.78, 5) is 0. The molecule has 1 nitrogen and oxygen atoms in total. The molecule has 0 saturated heterocycles.